The molecule has 1 fully saturated rings. The normalized spacial score (nSPS) is 18.1. The fraction of sp³-hybridized carbons (Fsp3) is 0.273. The van der Waals surface area contributed by atoms with Gasteiger partial charge in [-0.25, -0.2) is 9.69 Å². The molecule has 0 radical (unpaired) electrons. The van der Waals surface area contributed by atoms with Crippen LogP contribution < -0.4 is 0 Å². The van der Waals surface area contributed by atoms with Crippen molar-refractivity contribution < 1.29 is 14.3 Å². The van der Waals surface area contributed by atoms with Crippen molar-refractivity contribution >= 4 is 12.0 Å². The topological polar surface area (TPSA) is 95.4 Å². The lowest BCUT2D eigenvalue weighted by atomic mass is 10.2. The van der Waals surface area contributed by atoms with E-state index in [0.717, 1.165) is 4.90 Å². The smallest absolute Gasteiger partial charge is 0.417 e. The highest BCUT2D eigenvalue weighted by atomic mass is 16.6. The summed E-state index contributed by atoms with van der Waals surface area (Å²) in [6, 6.07) is 8.45. The number of imide groups is 1. The molecule has 1 unspecified atom stereocenters. The van der Waals surface area contributed by atoms with Crippen LogP contribution in [0.5, 0.6) is 0 Å². The minimum absolute atomic E-state index is 0.0286. The summed E-state index contributed by atoms with van der Waals surface area (Å²) in [4.78, 5) is 27.1. The van der Waals surface area contributed by atoms with Crippen LogP contribution in [0.4, 0.5) is 4.79 Å². The van der Waals surface area contributed by atoms with Gasteiger partial charge in [0, 0.05) is 10.5 Å². The first-order chi connectivity index (χ1) is 8.72. The van der Waals surface area contributed by atoms with Crippen LogP contribution in [0.1, 0.15) is 10.4 Å². The highest BCUT2D eigenvalue weighted by Crippen LogP contribution is 2.15. The van der Waals surface area contributed by atoms with Crippen LogP contribution in [0.3, 0.4) is 0 Å². The van der Waals surface area contributed by atoms with Crippen LogP contribution in [0.25, 0.3) is 10.4 Å². The number of azide groups is 1. The van der Waals surface area contributed by atoms with Crippen LogP contribution in [0, 0.1) is 0 Å². The van der Waals surface area contributed by atoms with E-state index in [1.54, 1.807) is 30.3 Å². The Balaban J connectivity index is 2.08. The summed E-state index contributed by atoms with van der Waals surface area (Å²) in [5.41, 5.74) is 8.60. The Kier molecular flexibility index (Phi) is 3.45. The van der Waals surface area contributed by atoms with Gasteiger partial charge in [-0.3, -0.25) is 4.79 Å². The van der Waals surface area contributed by atoms with Crippen molar-refractivity contribution in [1.29, 1.82) is 0 Å². The Morgan fingerprint density at radius 3 is 2.89 bits per heavy atom. The second-order valence-corrected chi connectivity index (χ2v) is 3.70. The van der Waals surface area contributed by atoms with Crippen molar-refractivity contribution in [3.63, 3.8) is 0 Å². The lowest BCUT2D eigenvalue weighted by Gasteiger charge is -2.10. The first-order valence-electron chi connectivity index (χ1n) is 5.30. The lowest BCUT2D eigenvalue weighted by molar-refractivity contribution is 0.0809. The number of benzene rings is 1. The number of rotatable bonds is 3. The van der Waals surface area contributed by atoms with Crippen LogP contribution in [0.15, 0.2) is 35.4 Å². The molecule has 0 bridgehead atoms. The summed E-state index contributed by atoms with van der Waals surface area (Å²) in [5, 5.41) is 3.32. The molecule has 0 spiro atoms. The summed E-state index contributed by atoms with van der Waals surface area (Å²) in [6.45, 7) is 0.131. The quantitative estimate of drug-likeness (QED) is 0.463. The molecule has 0 saturated carbocycles. The molecule has 92 valence electrons. The van der Waals surface area contributed by atoms with E-state index in [0.29, 0.717) is 5.56 Å². The number of ether oxygens (including phenoxy) is 1. The summed E-state index contributed by atoms with van der Waals surface area (Å²) in [6.07, 6.45) is -1.27. The third-order valence-electron chi connectivity index (χ3n) is 2.49. The molecule has 18 heavy (non-hydrogen) atoms. The molecule has 1 heterocycles. The van der Waals surface area contributed by atoms with Gasteiger partial charge in [0.05, 0.1) is 13.1 Å². The third kappa shape index (κ3) is 2.41. The first kappa shape index (κ1) is 11.9. The Bertz CT molecular complexity index is 510. The van der Waals surface area contributed by atoms with Gasteiger partial charge in [0.2, 0.25) is 0 Å². The molecule has 1 saturated heterocycles. The second kappa shape index (κ2) is 5.20. The van der Waals surface area contributed by atoms with Gasteiger partial charge < -0.3 is 4.74 Å². The number of carbonyl (C=O) groups excluding carboxylic acids is 2. The summed E-state index contributed by atoms with van der Waals surface area (Å²) < 4.78 is 4.92. The largest absolute Gasteiger partial charge is 0.444 e. The zero-order chi connectivity index (χ0) is 13.0. The van der Waals surface area contributed by atoms with Gasteiger partial charge in [-0.05, 0) is 17.7 Å². The molecule has 1 atom stereocenters. The molecule has 2 amide bonds. The maximum Gasteiger partial charge on any atom is 0.417 e. The van der Waals surface area contributed by atoms with Gasteiger partial charge in [-0.1, -0.05) is 23.3 Å². The standard InChI is InChI=1S/C11H10N4O3/c12-14-13-6-9-7-15(11(17)18-9)10(16)8-4-2-1-3-5-8/h1-5,9H,6-7H2. The molecular formula is C11H10N4O3. The van der Waals surface area contributed by atoms with Crippen molar-refractivity contribution in [2.24, 2.45) is 5.11 Å². The highest BCUT2D eigenvalue weighted by molar-refractivity contribution is 6.03. The number of cyclic esters (lactones) is 1. The molecule has 0 N–H and O–H groups in total. The van der Waals surface area contributed by atoms with Gasteiger partial charge in [0.1, 0.15) is 6.10 Å². The predicted molar refractivity (Wildman–Crippen MR) is 61.8 cm³/mol. The van der Waals surface area contributed by atoms with Gasteiger partial charge >= 0.3 is 6.09 Å². The highest BCUT2D eigenvalue weighted by Gasteiger charge is 2.35. The first-order valence-corrected chi connectivity index (χ1v) is 5.30. The Morgan fingerprint density at radius 1 is 1.50 bits per heavy atom. The van der Waals surface area contributed by atoms with Gasteiger partial charge in [-0.2, -0.15) is 0 Å². The van der Waals surface area contributed by atoms with Crippen molar-refractivity contribution in [2.45, 2.75) is 6.10 Å². The molecule has 0 aliphatic carbocycles. The van der Waals surface area contributed by atoms with Crippen molar-refractivity contribution in [3.8, 4) is 0 Å². The van der Waals surface area contributed by atoms with E-state index < -0.39 is 18.1 Å². The molecular weight excluding hydrogens is 236 g/mol. The van der Waals surface area contributed by atoms with E-state index in [2.05, 4.69) is 10.0 Å². The molecule has 7 nitrogen and oxygen atoms in total. The van der Waals surface area contributed by atoms with E-state index in [9.17, 15) is 9.59 Å². The molecule has 1 aromatic rings. The Morgan fingerprint density at radius 2 is 2.22 bits per heavy atom. The SMILES string of the molecule is [N-]=[N+]=NCC1CN(C(=O)c2ccccc2)C(=O)O1. The second-order valence-electron chi connectivity index (χ2n) is 3.70. The van der Waals surface area contributed by atoms with Crippen LogP contribution in [-0.4, -0.2) is 36.1 Å². The number of nitrogens with zero attached hydrogens (tertiary/aromatic N) is 4. The minimum Gasteiger partial charge on any atom is -0.444 e. The average Bonchev–Trinajstić information content (AvgIpc) is 2.78. The molecule has 2 rings (SSSR count). The van der Waals surface area contributed by atoms with Gasteiger partial charge in [0.15, 0.2) is 0 Å². The predicted octanol–water partition coefficient (Wildman–Crippen LogP) is 1.96. The third-order valence-corrected chi connectivity index (χ3v) is 2.49. The van der Waals surface area contributed by atoms with Gasteiger partial charge in [-0.15, -0.1) is 0 Å². The van der Waals surface area contributed by atoms with Crippen molar-refractivity contribution in [3.05, 3.63) is 46.3 Å². The van der Waals surface area contributed by atoms with E-state index >= 15 is 0 Å². The molecule has 7 heteroatoms. The van der Waals surface area contributed by atoms with Crippen molar-refractivity contribution in [1.82, 2.24) is 4.90 Å². The molecule has 0 aromatic heterocycles. The van der Waals surface area contributed by atoms with Crippen LogP contribution >= 0.6 is 0 Å². The molecule has 1 aliphatic heterocycles. The Hall–Kier alpha value is -2.53. The number of hydrogen-bond acceptors (Lipinski definition) is 4. The zero-order valence-electron chi connectivity index (χ0n) is 9.39. The maximum atomic E-state index is 12.0. The number of amides is 2. The Labute approximate surface area is 103 Å². The number of carbonyl (C=O) groups is 2. The monoisotopic (exact) mass is 246 g/mol. The van der Waals surface area contributed by atoms with Crippen LogP contribution in [-0.2, 0) is 4.74 Å². The van der Waals surface area contributed by atoms with E-state index in [1.165, 1.54) is 0 Å². The summed E-state index contributed by atoms with van der Waals surface area (Å²) in [5.74, 6) is -0.413. The molecule has 1 aromatic carbocycles. The maximum absolute atomic E-state index is 12.0. The van der Waals surface area contributed by atoms with Gasteiger partial charge in [0.25, 0.3) is 5.91 Å². The average molecular weight is 246 g/mol. The summed E-state index contributed by atoms with van der Waals surface area (Å²) >= 11 is 0. The van der Waals surface area contributed by atoms with E-state index in [4.69, 9.17) is 10.3 Å². The van der Waals surface area contributed by atoms with Crippen molar-refractivity contribution in [2.75, 3.05) is 13.1 Å². The fourth-order valence-electron chi connectivity index (χ4n) is 1.65. The van der Waals surface area contributed by atoms with Crippen LogP contribution in [0.2, 0.25) is 0 Å². The van der Waals surface area contributed by atoms with E-state index in [-0.39, 0.29) is 13.1 Å². The lowest BCUT2D eigenvalue weighted by Crippen LogP contribution is -2.32. The minimum atomic E-state index is -0.706. The van der Waals surface area contributed by atoms with E-state index in [1.807, 2.05) is 0 Å². The zero-order valence-corrected chi connectivity index (χ0v) is 9.39. The molecule has 1 aliphatic rings. The fourth-order valence-corrected chi connectivity index (χ4v) is 1.65. The number of hydrogen-bond donors (Lipinski definition) is 0. The summed E-state index contributed by atoms with van der Waals surface area (Å²) in [7, 11) is 0.